The second kappa shape index (κ2) is 20.5. The SMILES string of the molecule is CCCCCOc1ccc([S+](c2ccc(OCCCCC)cc2)c2ccc(OCCCCC)cc2)cc1.O=C([O-])O. The highest BCUT2D eigenvalue weighted by Gasteiger charge is 2.29. The highest BCUT2D eigenvalue weighted by atomic mass is 32.2. The van der Waals surface area contributed by atoms with Gasteiger partial charge in [0, 0.05) is 0 Å². The zero-order valence-corrected chi connectivity index (χ0v) is 25.6. The molecule has 0 radical (unpaired) electrons. The number of carbonyl (C=O) groups is 1. The third-order valence-corrected chi connectivity index (χ3v) is 8.46. The normalized spacial score (nSPS) is 10.5. The standard InChI is InChI=1S/C33H45O3S.CH2O3/c1-4-7-10-25-34-28-13-19-31(20-14-28)37(32-21-15-29(16-22-32)35-26-11-8-5-2)33-23-17-30(18-24-33)36-27-12-9-6-3;2-1(3)4/h13-24H,4-12,25-27H2,1-3H3;(H2,2,3,4)/q+1;/p-1. The van der Waals surface area contributed by atoms with E-state index in [2.05, 4.69) is 93.6 Å². The summed E-state index contributed by atoms with van der Waals surface area (Å²) in [5.41, 5.74) is 0. The Kier molecular flexibility index (Phi) is 17.0. The molecule has 0 aliphatic carbocycles. The van der Waals surface area contributed by atoms with Crippen LogP contribution in [0.1, 0.15) is 78.6 Å². The van der Waals surface area contributed by atoms with E-state index in [4.69, 9.17) is 29.2 Å². The molecular formula is C34H46O6S. The smallest absolute Gasteiger partial charge is 0.249 e. The van der Waals surface area contributed by atoms with Crippen LogP contribution in [0.25, 0.3) is 0 Å². The van der Waals surface area contributed by atoms with Crippen molar-refractivity contribution in [2.45, 2.75) is 93.2 Å². The second-order valence-corrected chi connectivity index (χ2v) is 11.7. The fraction of sp³-hybridized carbons (Fsp3) is 0.441. The lowest BCUT2D eigenvalue weighted by Gasteiger charge is -2.12. The molecule has 0 aliphatic heterocycles. The van der Waals surface area contributed by atoms with Crippen molar-refractivity contribution in [3.8, 4) is 17.2 Å². The maximum atomic E-state index is 8.44. The number of unbranched alkanes of at least 4 members (excludes halogenated alkanes) is 6. The van der Waals surface area contributed by atoms with Gasteiger partial charge in [-0.05, 0) is 92.1 Å². The lowest BCUT2D eigenvalue weighted by atomic mass is 10.3. The Morgan fingerprint density at radius 3 is 1.02 bits per heavy atom. The summed E-state index contributed by atoms with van der Waals surface area (Å²) in [6.45, 7) is 8.97. The van der Waals surface area contributed by atoms with Gasteiger partial charge in [-0.25, -0.2) is 0 Å². The first-order valence-corrected chi connectivity index (χ1v) is 16.0. The first-order valence-electron chi connectivity index (χ1n) is 14.8. The van der Waals surface area contributed by atoms with Crippen LogP contribution in [0.15, 0.2) is 87.5 Å². The van der Waals surface area contributed by atoms with E-state index in [1.165, 1.54) is 53.2 Å². The van der Waals surface area contributed by atoms with Gasteiger partial charge in [0.05, 0.1) is 30.7 Å². The zero-order chi connectivity index (χ0) is 29.7. The number of rotatable bonds is 18. The molecule has 0 aromatic heterocycles. The van der Waals surface area contributed by atoms with Crippen LogP contribution in [-0.4, -0.2) is 31.1 Å². The van der Waals surface area contributed by atoms with Gasteiger partial charge in [-0.2, -0.15) is 0 Å². The Labute approximate surface area is 249 Å². The minimum absolute atomic E-state index is 0.232. The van der Waals surface area contributed by atoms with Crippen molar-refractivity contribution in [3.63, 3.8) is 0 Å². The molecule has 0 atom stereocenters. The molecule has 0 bridgehead atoms. The lowest BCUT2D eigenvalue weighted by Crippen LogP contribution is -2.17. The summed E-state index contributed by atoms with van der Waals surface area (Å²) in [6.07, 6.45) is 8.45. The summed E-state index contributed by atoms with van der Waals surface area (Å²) < 4.78 is 17.9. The molecule has 1 N–H and O–H groups in total. The topological polar surface area (TPSA) is 88.1 Å². The van der Waals surface area contributed by atoms with E-state index in [1.54, 1.807) is 0 Å². The number of carboxylic acid groups (broad SMARTS) is 2. The highest BCUT2D eigenvalue weighted by Crippen LogP contribution is 2.34. The number of hydrogen-bond donors (Lipinski definition) is 1. The van der Waals surface area contributed by atoms with Gasteiger partial charge >= 0.3 is 0 Å². The molecule has 0 saturated carbocycles. The molecule has 7 heteroatoms. The van der Waals surface area contributed by atoms with Gasteiger partial charge in [0.15, 0.2) is 14.7 Å². The molecule has 0 unspecified atom stereocenters. The molecule has 6 nitrogen and oxygen atoms in total. The molecule has 41 heavy (non-hydrogen) atoms. The van der Waals surface area contributed by atoms with Crippen LogP contribution in [0.4, 0.5) is 4.79 Å². The summed E-state index contributed by atoms with van der Waals surface area (Å²) in [7, 11) is -0.232. The molecule has 0 aliphatic rings. The van der Waals surface area contributed by atoms with Gasteiger partial charge < -0.3 is 29.2 Å². The van der Waals surface area contributed by atoms with Crippen LogP contribution in [0.3, 0.4) is 0 Å². The molecule has 224 valence electrons. The van der Waals surface area contributed by atoms with Crippen molar-refractivity contribution in [1.82, 2.24) is 0 Å². The van der Waals surface area contributed by atoms with Crippen LogP contribution in [0.2, 0.25) is 0 Å². The Balaban J connectivity index is 0.00000138. The zero-order valence-electron chi connectivity index (χ0n) is 24.8. The fourth-order valence-electron chi connectivity index (χ4n) is 4.05. The highest BCUT2D eigenvalue weighted by molar-refractivity contribution is 7.97. The summed E-state index contributed by atoms with van der Waals surface area (Å²) in [4.78, 5) is 12.3. The van der Waals surface area contributed by atoms with Crippen molar-refractivity contribution in [2.75, 3.05) is 19.8 Å². The molecule has 0 heterocycles. The van der Waals surface area contributed by atoms with Crippen LogP contribution >= 0.6 is 0 Å². The third-order valence-electron chi connectivity index (χ3n) is 6.23. The largest absolute Gasteiger partial charge is 0.565 e. The van der Waals surface area contributed by atoms with Gasteiger partial charge in [0.2, 0.25) is 6.16 Å². The Hall–Kier alpha value is -3.32. The Bertz CT molecular complexity index is 948. The van der Waals surface area contributed by atoms with Crippen LogP contribution in [0.5, 0.6) is 17.2 Å². The minimum Gasteiger partial charge on any atom is -0.565 e. The van der Waals surface area contributed by atoms with Crippen molar-refractivity contribution in [1.29, 1.82) is 0 Å². The molecule has 3 rings (SSSR count). The quantitative estimate of drug-likeness (QED) is 0.120. The molecule has 3 aromatic carbocycles. The minimum atomic E-state index is -2.08. The first kappa shape index (κ1) is 33.9. The molecule has 3 aromatic rings. The van der Waals surface area contributed by atoms with Crippen molar-refractivity contribution >= 4 is 17.1 Å². The molecule has 0 saturated heterocycles. The maximum Gasteiger partial charge on any atom is 0.249 e. The molecule has 0 spiro atoms. The van der Waals surface area contributed by atoms with E-state index >= 15 is 0 Å². The Morgan fingerprint density at radius 2 is 0.805 bits per heavy atom. The van der Waals surface area contributed by atoms with Crippen LogP contribution in [0, 0.1) is 0 Å². The fourth-order valence-corrected chi connectivity index (χ4v) is 6.09. The molecule has 0 fully saturated rings. The first-order chi connectivity index (χ1) is 20.0. The van der Waals surface area contributed by atoms with Gasteiger partial charge in [-0.3, -0.25) is 0 Å². The third kappa shape index (κ3) is 13.7. The number of benzene rings is 3. The van der Waals surface area contributed by atoms with Crippen LogP contribution in [-0.2, 0) is 10.9 Å². The average molecular weight is 583 g/mol. The lowest BCUT2D eigenvalue weighted by molar-refractivity contribution is -0.275. The summed E-state index contributed by atoms with van der Waals surface area (Å²) in [6, 6.07) is 25.9. The van der Waals surface area contributed by atoms with E-state index in [9.17, 15) is 0 Å². The van der Waals surface area contributed by atoms with E-state index in [0.717, 1.165) is 56.3 Å². The van der Waals surface area contributed by atoms with E-state index in [-0.39, 0.29) is 10.9 Å². The number of hydrogen-bond acceptors (Lipinski definition) is 5. The molecular weight excluding hydrogens is 536 g/mol. The summed E-state index contributed by atoms with van der Waals surface area (Å²) in [5.74, 6) is 2.82. The Morgan fingerprint density at radius 1 is 0.561 bits per heavy atom. The van der Waals surface area contributed by atoms with E-state index in [1.807, 2.05) is 0 Å². The van der Waals surface area contributed by atoms with Gasteiger partial charge in [0.25, 0.3) is 0 Å². The van der Waals surface area contributed by atoms with Crippen LogP contribution < -0.4 is 19.3 Å². The summed E-state index contributed by atoms with van der Waals surface area (Å²) >= 11 is 0. The second-order valence-electron chi connectivity index (χ2n) is 9.65. The maximum absolute atomic E-state index is 8.44. The predicted octanol–water partition coefficient (Wildman–Crippen LogP) is 8.38. The number of ether oxygens (including phenoxy) is 3. The molecule has 0 amide bonds. The van der Waals surface area contributed by atoms with Gasteiger partial charge in [0.1, 0.15) is 17.2 Å². The summed E-state index contributed by atoms with van der Waals surface area (Å²) in [5, 5.41) is 15.3. The van der Waals surface area contributed by atoms with Crippen molar-refractivity contribution < 1.29 is 29.2 Å². The van der Waals surface area contributed by atoms with E-state index in [0.29, 0.717) is 0 Å². The van der Waals surface area contributed by atoms with E-state index < -0.39 is 6.16 Å². The monoisotopic (exact) mass is 582 g/mol. The van der Waals surface area contributed by atoms with Gasteiger partial charge in [-0.15, -0.1) is 0 Å². The van der Waals surface area contributed by atoms with Gasteiger partial charge in [-0.1, -0.05) is 59.3 Å². The van der Waals surface area contributed by atoms with Crippen molar-refractivity contribution in [2.24, 2.45) is 0 Å². The average Bonchev–Trinajstić information content (AvgIpc) is 2.98. The predicted molar refractivity (Wildman–Crippen MR) is 165 cm³/mol. The van der Waals surface area contributed by atoms with Crippen molar-refractivity contribution in [3.05, 3.63) is 72.8 Å².